The quantitative estimate of drug-likeness (QED) is 0.770. The molecule has 7 heteroatoms. The molecule has 0 spiro atoms. The summed E-state index contributed by atoms with van der Waals surface area (Å²) in [6, 6.07) is 2.66. The molecule has 0 unspecified atom stereocenters. The second kappa shape index (κ2) is 4.01. The first-order valence-electron chi connectivity index (χ1n) is 5.05. The highest BCUT2D eigenvalue weighted by atomic mass is 19.4. The molecule has 0 aromatic heterocycles. The maximum atomic E-state index is 12.5. The summed E-state index contributed by atoms with van der Waals surface area (Å²) < 4.78 is 37.6. The van der Waals surface area contributed by atoms with Gasteiger partial charge in [-0.05, 0) is 18.2 Å². The Balaban J connectivity index is 2.53. The van der Waals surface area contributed by atoms with Crippen molar-refractivity contribution in [3.8, 4) is 0 Å². The molecule has 1 N–H and O–H groups in total. The Labute approximate surface area is 100 Å². The highest BCUT2D eigenvalue weighted by Crippen LogP contribution is 2.33. The zero-order chi connectivity index (χ0) is 13.5. The van der Waals surface area contributed by atoms with E-state index >= 15 is 0 Å². The molecule has 0 saturated heterocycles. The average molecular weight is 258 g/mol. The first kappa shape index (κ1) is 12.4. The van der Waals surface area contributed by atoms with Gasteiger partial charge in [-0.15, -0.1) is 0 Å². The van der Waals surface area contributed by atoms with Crippen LogP contribution in [0.4, 0.5) is 18.9 Å². The van der Waals surface area contributed by atoms with Crippen molar-refractivity contribution >= 4 is 17.5 Å². The van der Waals surface area contributed by atoms with Gasteiger partial charge >= 0.3 is 6.18 Å². The van der Waals surface area contributed by atoms with Crippen LogP contribution in [0, 0.1) is 0 Å². The number of nitrogens with one attached hydrogen (secondary N) is 1. The highest BCUT2D eigenvalue weighted by molar-refractivity contribution is 6.08. The summed E-state index contributed by atoms with van der Waals surface area (Å²) in [5, 5.41) is 2.29. The molecule has 1 aromatic carbocycles. The van der Waals surface area contributed by atoms with Crippen molar-refractivity contribution in [1.29, 1.82) is 0 Å². The van der Waals surface area contributed by atoms with Gasteiger partial charge in [-0.25, -0.2) is 0 Å². The fourth-order valence-corrected chi connectivity index (χ4v) is 1.69. The Hall–Kier alpha value is -2.05. The van der Waals surface area contributed by atoms with Crippen molar-refractivity contribution in [3.63, 3.8) is 0 Å². The molecule has 96 valence electrons. The summed E-state index contributed by atoms with van der Waals surface area (Å²) in [5.74, 6) is -1.01. The van der Waals surface area contributed by atoms with Gasteiger partial charge in [-0.1, -0.05) is 0 Å². The molecule has 1 heterocycles. The molecule has 0 atom stereocenters. The SMILES string of the molecule is CN1CC(=O)Nc2cc(C(F)(F)F)ccc2C1=O. The minimum absolute atomic E-state index is 0.0522. The first-order chi connectivity index (χ1) is 8.29. The molecule has 4 nitrogen and oxygen atoms in total. The van der Waals surface area contributed by atoms with Gasteiger partial charge in [0.25, 0.3) is 5.91 Å². The molecule has 1 aromatic rings. The molecule has 0 bridgehead atoms. The van der Waals surface area contributed by atoms with Crippen molar-refractivity contribution in [1.82, 2.24) is 4.90 Å². The predicted molar refractivity (Wildman–Crippen MR) is 57.0 cm³/mol. The van der Waals surface area contributed by atoms with Crippen LogP contribution in [-0.4, -0.2) is 30.3 Å². The number of hydrogen-bond donors (Lipinski definition) is 1. The van der Waals surface area contributed by atoms with Crippen LogP contribution in [0.1, 0.15) is 15.9 Å². The number of amides is 2. The molecule has 1 aliphatic rings. The van der Waals surface area contributed by atoms with Crippen LogP contribution >= 0.6 is 0 Å². The Kier molecular flexibility index (Phi) is 2.76. The van der Waals surface area contributed by atoms with Crippen molar-refractivity contribution in [2.75, 3.05) is 18.9 Å². The second-order valence-corrected chi connectivity index (χ2v) is 3.97. The van der Waals surface area contributed by atoms with Crippen molar-refractivity contribution in [3.05, 3.63) is 29.3 Å². The third-order valence-electron chi connectivity index (χ3n) is 2.58. The van der Waals surface area contributed by atoms with Crippen molar-refractivity contribution in [2.24, 2.45) is 0 Å². The lowest BCUT2D eigenvalue weighted by Gasteiger charge is -2.13. The van der Waals surface area contributed by atoms with E-state index in [0.29, 0.717) is 0 Å². The molecular formula is C11H9F3N2O2. The summed E-state index contributed by atoms with van der Waals surface area (Å²) >= 11 is 0. The molecule has 2 rings (SSSR count). The van der Waals surface area contributed by atoms with E-state index in [4.69, 9.17) is 0 Å². The van der Waals surface area contributed by atoms with Crippen LogP contribution in [-0.2, 0) is 11.0 Å². The van der Waals surface area contributed by atoms with E-state index in [1.165, 1.54) is 7.05 Å². The number of fused-ring (bicyclic) bond motifs is 1. The van der Waals surface area contributed by atoms with Gasteiger partial charge < -0.3 is 10.2 Å². The van der Waals surface area contributed by atoms with E-state index < -0.39 is 23.6 Å². The third kappa shape index (κ3) is 2.15. The number of anilines is 1. The van der Waals surface area contributed by atoms with Gasteiger partial charge in [0.1, 0.15) is 0 Å². The zero-order valence-corrected chi connectivity index (χ0v) is 9.34. The van der Waals surface area contributed by atoms with Crippen LogP contribution in [0.15, 0.2) is 18.2 Å². The standard InChI is InChI=1S/C11H9F3N2O2/c1-16-5-9(17)15-8-4-6(11(12,13)14)2-3-7(8)10(16)18/h2-4H,5H2,1H3,(H,15,17). The molecule has 0 aliphatic carbocycles. The molecule has 18 heavy (non-hydrogen) atoms. The maximum absolute atomic E-state index is 12.5. The second-order valence-electron chi connectivity index (χ2n) is 3.97. The summed E-state index contributed by atoms with van der Waals surface area (Å²) in [5.41, 5.74) is -0.959. The lowest BCUT2D eigenvalue weighted by Crippen LogP contribution is -2.31. The van der Waals surface area contributed by atoms with E-state index in [-0.39, 0.29) is 17.8 Å². The number of nitrogens with zero attached hydrogens (tertiary/aromatic N) is 1. The number of rotatable bonds is 0. The minimum atomic E-state index is -4.51. The van der Waals surface area contributed by atoms with E-state index in [9.17, 15) is 22.8 Å². The Bertz CT molecular complexity index is 526. The maximum Gasteiger partial charge on any atom is 0.416 e. The largest absolute Gasteiger partial charge is 0.416 e. The fraction of sp³-hybridized carbons (Fsp3) is 0.273. The van der Waals surface area contributed by atoms with Crippen LogP contribution in [0.5, 0.6) is 0 Å². The topological polar surface area (TPSA) is 49.4 Å². The minimum Gasteiger partial charge on any atom is -0.332 e. The van der Waals surface area contributed by atoms with Gasteiger partial charge in [0, 0.05) is 7.05 Å². The zero-order valence-electron chi connectivity index (χ0n) is 9.34. The number of halogens is 3. The molecule has 0 saturated carbocycles. The highest BCUT2D eigenvalue weighted by Gasteiger charge is 2.33. The molecule has 2 amide bonds. The number of alkyl halides is 3. The molecular weight excluding hydrogens is 249 g/mol. The lowest BCUT2D eigenvalue weighted by atomic mass is 10.1. The predicted octanol–water partition coefficient (Wildman–Crippen LogP) is 1.73. The van der Waals surface area contributed by atoms with Gasteiger partial charge in [0.15, 0.2) is 0 Å². The lowest BCUT2D eigenvalue weighted by molar-refractivity contribution is -0.137. The molecule has 0 radical (unpaired) electrons. The summed E-state index contributed by atoms with van der Waals surface area (Å²) in [6.45, 7) is -0.186. The van der Waals surface area contributed by atoms with Crippen LogP contribution in [0.25, 0.3) is 0 Å². The number of benzene rings is 1. The number of likely N-dealkylation sites (N-methyl/N-ethyl adjacent to an activating group) is 1. The van der Waals surface area contributed by atoms with E-state index in [0.717, 1.165) is 23.1 Å². The van der Waals surface area contributed by atoms with Crippen molar-refractivity contribution < 1.29 is 22.8 Å². The van der Waals surface area contributed by atoms with Gasteiger partial charge in [-0.3, -0.25) is 9.59 Å². The Morgan fingerprint density at radius 1 is 1.28 bits per heavy atom. The van der Waals surface area contributed by atoms with Crippen molar-refractivity contribution in [2.45, 2.75) is 6.18 Å². The summed E-state index contributed by atoms with van der Waals surface area (Å²) in [7, 11) is 1.41. The summed E-state index contributed by atoms with van der Waals surface area (Å²) in [6.07, 6.45) is -4.51. The van der Waals surface area contributed by atoms with E-state index in [1.807, 2.05) is 0 Å². The Morgan fingerprint density at radius 2 is 1.94 bits per heavy atom. The van der Waals surface area contributed by atoms with Crippen LogP contribution in [0.2, 0.25) is 0 Å². The normalized spacial score (nSPS) is 16.1. The van der Waals surface area contributed by atoms with Crippen LogP contribution in [0.3, 0.4) is 0 Å². The molecule has 1 aliphatic heterocycles. The van der Waals surface area contributed by atoms with Gasteiger partial charge in [-0.2, -0.15) is 13.2 Å². The smallest absolute Gasteiger partial charge is 0.332 e. The van der Waals surface area contributed by atoms with E-state index in [1.54, 1.807) is 0 Å². The molecule has 0 fully saturated rings. The number of carbonyl (C=O) groups is 2. The van der Waals surface area contributed by atoms with E-state index in [2.05, 4.69) is 5.32 Å². The average Bonchev–Trinajstić information content (AvgIpc) is 2.35. The summed E-state index contributed by atoms with van der Waals surface area (Å²) in [4.78, 5) is 24.3. The Morgan fingerprint density at radius 3 is 2.56 bits per heavy atom. The van der Waals surface area contributed by atoms with Gasteiger partial charge in [0.2, 0.25) is 5.91 Å². The fourth-order valence-electron chi connectivity index (χ4n) is 1.69. The number of hydrogen-bond acceptors (Lipinski definition) is 2. The monoisotopic (exact) mass is 258 g/mol. The third-order valence-corrected chi connectivity index (χ3v) is 2.58. The van der Waals surface area contributed by atoms with Gasteiger partial charge in [0.05, 0.1) is 23.4 Å². The number of carbonyl (C=O) groups excluding carboxylic acids is 2. The first-order valence-corrected chi connectivity index (χ1v) is 5.05. The van der Waals surface area contributed by atoms with Crippen LogP contribution < -0.4 is 5.32 Å².